The van der Waals surface area contributed by atoms with Gasteiger partial charge in [0.1, 0.15) is 11.3 Å². The molecule has 1 fully saturated rings. The van der Waals surface area contributed by atoms with E-state index in [0.29, 0.717) is 0 Å². The Labute approximate surface area is 107 Å². The molecule has 1 aliphatic rings. The highest BCUT2D eigenvalue weighted by atomic mass is 16.6. The predicted octanol–water partition coefficient (Wildman–Crippen LogP) is 1.83. The SMILES string of the molecule is C[C@H]1OC(C)(C)N(C(=O)OC(C)(C)C)[C@@H]1C(=O)O. The van der Waals surface area contributed by atoms with Crippen molar-refractivity contribution < 1.29 is 24.2 Å². The van der Waals surface area contributed by atoms with Crippen LogP contribution in [0.5, 0.6) is 0 Å². The van der Waals surface area contributed by atoms with Gasteiger partial charge in [0, 0.05) is 0 Å². The van der Waals surface area contributed by atoms with Crippen LogP contribution >= 0.6 is 0 Å². The average molecular weight is 259 g/mol. The minimum Gasteiger partial charge on any atom is -0.480 e. The number of carboxylic acid groups (broad SMARTS) is 1. The lowest BCUT2D eigenvalue weighted by molar-refractivity contribution is -0.143. The first-order valence-electron chi connectivity index (χ1n) is 5.88. The minimum absolute atomic E-state index is 0.579. The molecular weight excluding hydrogens is 238 g/mol. The number of hydrogen-bond acceptors (Lipinski definition) is 4. The lowest BCUT2D eigenvalue weighted by Crippen LogP contribution is -2.52. The van der Waals surface area contributed by atoms with E-state index in [1.807, 2.05) is 0 Å². The van der Waals surface area contributed by atoms with Crippen LogP contribution in [0.15, 0.2) is 0 Å². The van der Waals surface area contributed by atoms with Gasteiger partial charge in [0.25, 0.3) is 0 Å². The maximum Gasteiger partial charge on any atom is 0.413 e. The summed E-state index contributed by atoms with van der Waals surface area (Å²) in [5, 5.41) is 9.20. The predicted molar refractivity (Wildman–Crippen MR) is 64.1 cm³/mol. The minimum atomic E-state index is -1.10. The van der Waals surface area contributed by atoms with Gasteiger partial charge in [-0.25, -0.2) is 9.59 Å². The molecule has 1 aliphatic heterocycles. The number of hydrogen-bond donors (Lipinski definition) is 1. The maximum atomic E-state index is 12.1. The molecule has 1 heterocycles. The standard InChI is InChI=1S/C12H21NO5/c1-7-8(9(14)15)13(12(5,6)17-7)10(16)18-11(2,3)4/h7-8H,1-6H3,(H,14,15)/t7-,8+/m1/s1. The zero-order valence-electron chi connectivity index (χ0n) is 11.7. The van der Waals surface area contributed by atoms with E-state index < -0.39 is 35.5 Å². The molecule has 0 saturated carbocycles. The number of aliphatic carboxylic acids is 1. The molecule has 1 N–H and O–H groups in total. The van der Waals surface area contributed by atoms with Crippen LogP contribution in [0.4, 0.5) is 4.79 Å². The van der Waals surface area contributed by atoms with Crippen molar-refractivity contribution in [1.82, 2.24) is 4.90 Å². The van der Waals surface area contributed by atoms with E-state index in [0.717, 1.165) is 4.90 Å². The molecule has 0 unspecified atom stereocenters. The van der Waals surface area contributed by atoms with Crippen molar-refractivity contribution in [3.8, 4) is 0 Å². The van der Waals surface area contributed by atoms with Crippen LogP contribution in [0.2, 0.25) is 0 Å². The van der Waals surface area contributed by atoms with Crippen LogP contribution in [0.3, 0.4) is 0 Å². The van der Waals surface area contributed by atoms with Crippen molar-refractivity contribution in [2.24, 2.45) is 0 Å². The quantitative estimate of drug-likeness (QED) is 0.777. The van der Waals surface area contributed by atoms with Crippen LogP contribution < -0.4 is 0 Å². The van der Waals surface area contributed by atoms with Gasteiger partial charge in [-0.2, -0.15) is 0 Å². The highest BCUT2D eigenvalue weighted by molar-refractivity contribution is 5.82. The molecule has 0 aromatic rings. The number of amides is 1. The molecule has 1 amide bonds. The Morgan fingerprint density at radius 3 is 2.22 bits per heavy atom. The average Bonchev–Trinajstić information content (AvgIpc) is 2.31. The Morgan fingerprint density at radius 2 is 1.83 bits per heavy atom. The second-order valence-electron chi connectivity index (χ2n) is 5.90. The van der Waals surface area contributed by atoms with Gasteiger partial charge in [-0.05, 0) is 41.5 Å². The van der Waals surface area contributed by atoms with Crippen molar-refractivity contribution in [3.63, 3.8) is 0 Å². The summed E-state index contributed by atoms with van der Waals surface area (Å²) in [5.41, 5.74) is -1.67. The number of carboxylic acids is 1. The Hall–Kier alpha value is -1.30. The number of ether oxygens (including phenoxy) is 2. The summed E-state index contributed by atoms with van der Waals surface area (Å²) in [5.74, 6) is -1.10. The highest BCUT2D eigenvalue weighted by Gasteiger charge is 2.52. The van der Waals surface area contributed by atoms with Crippen molar-refractivity contribution in [2.75, 3.05) is 0 Å². The van der Waals surface area contributed by atoms with Crippen LogP contribution in [-0.4, -0.2) is 45.5 Å². The Balaban J connectivity index is 3.01. The Bertz CT molecular complexity index is 358. The molecule has 104 valence electrons. The third kappa shape index (κ3) is 2.93. The first kappa shape index (κ1) is 14.8. The molecule has 2 atom stereocenters. The van der Waals surface area contributed by atoms with Gasteiger partial charge in [0.15, 0.2) is 6.04 Å². The van der Waals surface area contributed by atoms with E-state index in [-0.39, 0.29) is 0 Å². The zero-order chi connectivity index (χ0) is 14.3. The van der Waals surface area contributed by atoms with Crippen molar-refractivity contribution in [2.45, 2.75) is 65.0 Å². The van der Waals surface area contributed by atoms with Gasteiger partial charge in [0.2, 0.25) is 0 Å². The summed E-state index contributed by atoms with van der Waals surface area (Å²) in [6.45, 7) is 10.1. The zero-order valence-corrected chi connectivity index (χ0v) is 11.7. The molecule has 0 spiro atoms. The van der Waals surface area contributed by atoms with Gasteiger partial charge in [-0.3, -0.25) is 4.90 Å². The summed E-state index contributed by atoms with van der Waals surface area (Å²) >= 11 is 0. The van der Waals surface area contributed by atoms with Crippen molar-refractivity contribution >= 4 is 12.1 Å². The molecule has 0 aliphatic carbocycles. The normalized spacial score (nSPS) is 27.1. The highest BCUT2D eigenvalue weighted by Crippen LogP contribution is 2.33. The largest absolute Gasteiger partial charge is 0.480 e. The van der Waals surface area contributed by atoms with E-state index in [1.54, 1.807) is 41.5 Å². The summed E-state index contributed by atoms with van der Waals surface area (Å²) in [4.78, 5) is 24.5. The van der Waals surface area contributed by atoms with Gasteiger partial charge in [-0.1, -0.05) is 0 Å². The van der Waals surface area contributed by atoms with Crippen molar-refractivity contribution in [3.05, 3.63) is 0 Å². The molecule has 18 heavy (non-hydrogen) atoms. The molecule has 6 heteroatoms. The Kier molecular flexibility index (Phi) is 3.63. The number of carbonyl (C=O) groups is 2. The molecule has 0 bridgehead atoms. The maximum absolute atomic E-state index is 12.1. The van der Waals surface area contributed by atoms with Crippen molar-refractivity contribution in [1.29, 1.82) is 0 Å². The van der Waals surface area contributed by atoms with Crippen LogP contribution in [0.1, 0.15) is 41.5 Å². The first-order chi connectivity index (χ1) is 7.96. The van der Waals surface area contributed by atoms with E-state index in [9.17, 15) is 14.7 Å². The third-order valence-electron chi connectivity index (χ3n) is 2.62. The third-order valence-corrected chi connectivity index (χ3v) is 2.62. The van der Waals surface area contributed by atoms with E-state index >= 15 is 0 Å². The summed E-state index contributed by atoms with van der Waals surface area (Å²) in [6.07, 6.45) is -1.26. The summed E-state index contributed by atoms with van der Waals surface area (Å²) < 4.78 is 10.7. The summed E-state index contributed by atoms with van der Waals surface area (Å²) in [7, 11) is 0. The topological polar surface area (TPSA) is 76.1 Å². The first-order valence-corrected chi connectivity index (χ1v) is 5.88. The van der Waals surface area contributed by atoms with Gasteiger partial charge in [0.05, 0.1) is 6.10 Å². The fraction of sp³-hybridized carbons (Fsp3) is 0.833. The second kappa shape index (κ2) is 4.42. The number of rotatable bonds is 1. The fourth-order valence-corrected chi connectivity index (χ4v) is 2.08. The van der Waals surface area contributed by atoms with Crippen LogP contribution in [0, 0.1) is 0 Å². The molecular formula is C12H21NO5. The summed E-state index contributed by atoms with van der Waals surface area (Å²) in [6, 6.07) is -1.03. The lowest BCUT2D eigenvalue weighted by Gasteiger charge is -2.33. The molecule has 6 nitrogen and oxygen atoms in total. The number of nitrogens with zero attached hydrogens (tertiary/aromatic N) is 1. The smallest absolute Gasteiger partial charge is 0.413 e. The molecule has 1 rings (SSSR count). The Morgan fingerprint density at radius 1 is 1.33 bits per heavy atom. The van der Waals surface area contributed by atoms with Gasteiger partial charge >= 0.3 is 12.1 Å². The van der Waals surface area contributed by atoms with E-state index in [1.165, 1.54) is 0 Å². The fourth-order valence-electron chi connectivity index (χ4n) is 2.08. The molecule has 0 radical (unpaired) electrons. The van der Waals surface area contributed by atoms with Gasteiger partial charge in [-0.15, -0.1) is 0 Å². The van der Waals surface area contributed by atoms with E-state index in [2.05, 4.69) is 0 Å². The second-order valence-corrected chi connectivity index (χ2v) is 5.90. The van der Waals surface area contributed by atoms with Gasteiger partial charge < -0.3 is 14.6 Å². The lowest BCUT2D eigenvalue weighted by atomic mass is 10.1. The van der Waals surface area contributed by atoms with Crippen LogP contribution in [0.25, 0.3) is 0 Å². The number of carbonyl (C=O) groups excluding carboxylic acids is 1. The molecule has 0 aromatic carbocycles. The monoisotopic (exact) mass is 259 g/mol. The molecule has 0 aromatic heterocycles. The molecule has 1 saturated heterocycles. The van der Waals surface area contributed by atoms with E-state index in [4.69, 9.17) is 9.47 Å². The van der Waals surface area contributed by atoms with Crippen LogP contribution in [-0.2, 0) is 14.3 Å².